The second-order valence-electron chi connectivity index (χ2n) is 7.59. The first-order valence-electron chi connectivity index (χ1n) is 9.27. The minimum atomic E-state index is 0.113. The maximum Gasteiger partial charge on any atom is 0.227 e. The third-order valence-electron chi connectivity index (χ3n) is 5.34. The van der Waals surface area contributed by atoms with Gasteiger partial charge >= 0.3 is 0 Å². The minimum Gasteiger partial charge on any atom is -0.326 e. The van der Waals surface area contributed by atoms with E-state index in [-0.39, 0.29) is 11.8 Å². The van der Waals surface area contributed by atoms with Gasteiger partial charge in [0.05, 0.1) is 12.2 Å². The van der Waals surface area contributed by atoms with E-state index in [0.717, 1.165) is 24.2 Å². The van der Waals surface area contributed by atoms with Crippen LogP contribution in [0.5, 0.6) is 0 Å². The second-order valence-corrected chi connectivity index (χ2v) is 7.59. The van der Waals surface area contributed by atoms with Crippen molar-refractivity contribution < 1.29 is 4.79 Å². The van der Waals surface area contributed by atoms with Gasteiger partial charge in [0.25, 0.3) is 0 Å². The average Bonchev–Trinajstić information content (AvgIpc) is 2.62. The summed E-state index contributed by atoms with van der Waals surface area (Å²) in [4.78, 5) is 17.0. The molecule has 5 nitrogen and oxygen atoms in total. The Hall–Kier alpha value is -2.17. The highest BCUT2D eigenvalue weighted by molar-refractivity contribution is 5.93. The summed E-state index contributed by atoms with van der Waals surface area (Å²) >= 11 is 0. The molecule has 1 N–H and O–H groups in total. The number of anilines is 2. The zero-order valence-electron chi connectivity index (χ0n) is 15.4. The number of nitrogens with one attached hydrogen (secondary N) is 1. The van der Waals surface area contributed by atoms with Crippen molar-refractivity contribution in [1.29, 1.82) is 0 Å². The van der Waals surface area contributed by atoms with Crippen LogP contribution in [0.15, 0.2) is 34.4 Å². The van der Waals surface area contributed by atoms with E-state index in [1.165, 1.54) is 6.42 Å². The van der Waals surface area contributed by atoms with Gasteiger partial charge in [0.1, 0.15) is 6.34 Å². The van der Waals surface area contributed by atoms with Gasteiger partial charge in [-0.15, -0.1) is 0 Å². The third-order valence-corrected chi connectivity index (χ3v) is 5.34. The summed E-state index contributed by atoms with van der Waals surface area (Å²) in [5.41, 5.74) is 1.77. The van der Waals surface area contributed by atoms with Gasteiger partial charge < -0.3 is 5.32 Å². The average molecular weight is 340 g/mol. The molecule has 1 aliphatic heterocycles. The predicted octanol–water partition coefficient (Wildman–Crippen LogP) is 4.17. The van der Waals surface area contributed by atoms with Gasteiger partial charge in [-0.05, 0) is 54.9 Å². The van der Waals surface area contributed by atoms with Crippen LogP contribution in [0.3, 0.4) is 0 Å². The summed E-state index contributed by atoms with van der Waals surface area (Å²) in [6.45, 7) is 7.35. The SMILES string of the molecule is CC1CCC(C(C)C)C(C(=O)Nc2ccc(N3C=NCC=N3)cc2)C1. The van der Waals surface area contributed by atoms with Crippen molar-refractivity contribution in [2.24, 2.45) is 33.8 Å². The lowest BCUT2D eigenvalue weighted by Crippen LogP contribution is -2.36. The Morgan fingerprint density at radius 2 is 2.00 bits per heavy atom. The number of aliphatic imine (C=N–C) groups is 1. The van der Waals surface area contributed by atoms with E-state index in [9.17, 15) is 4.79 Å². The van der Waals surface area contributed by atoms with Crippen molar-refractivity contribution in [1.82, 2.24) is 0 Å². The van der Waals surface area contributed by atoms with Crippen LogP contribution in [-0.4, -0.2) is 25.0 Å². The molecule has 25 heavy (non-hydrogen) atoms. The number of carbonyl (C=O) groups excluding carboxylic acids is 1. The van der Waals surface area contributed by atoms with Gasteiger partial charge in [-0.2, -0.15) is 5.10 Å². The highest BCUT2D eigenvalue weighted by Crippen LogP contribution is 2.38. The van der Waals surface area contributed by atoms with Crippen molar-refractivity contribution in [3.05, 3.63) is 24.3 Å². The van der Waals surface area contributed by atoms with Gasteiger partial charge in [-0.3, -0.25) is 9.79 Å². The topological polar surface area (TPSA) is 57.1 Å². The van der Waals surface area contributed by atoms with E-state index in [2.05, 4.69) is 36.2 Å². The summed E-state index contributed by atoms with van der Waals surface area (Å²) in [6.07, 6.45) is 6.86. The van der Waals surface area contributed by atoms with Crippen molar-refractivity contribution in [2.75, 3.05) is 16.9 Å². The van der Waals surface area contributed by atoms with Crippen LogP contribution in [0.1, 0.15) is 40.0 Å². The van der Waals surface area contributed by atoms with Crippen LogP contribution >= 0.6 is 0 Å². The van der Waals surface area contributed by atoms with Gasteiger partial charge in [-0.1, -0.05) is 27.2 Å². The Kier molecular flexibility index (Phi) is 5.51. The Bertz CT molecular complexity index is 638. The number of rotatable bonds is 4. The van der Waals surface area contributed by atoms with Crippen molar-refractivity contribution >= 4 is 29.8 Å². The number of hydrogen-bond acceptors (Lipinski definition) is 4. The number of carbonyl (C=O) groups is 1. The summed E-state index contributed by atoms with van der Waals surface area (Å²) in [5.74, 6) is 1.93. The molecule has 1 saturated carbocycles. The number of hydrazone groups is 1. The maximum atomic E-state index is 12.8. The molecule has 1 fully saturated rings. The number of amides is 1. The van der Waals surface area contributed by atoms with E-state index in [0.29, 0.717) is 24.3 Å². The smallest absolute Gasteiger partial charge is 0.227 e. The van der Waals surface area contributed by atoms with E-state index >= 15 is 0 Å². The standard InChI is InChI=1S/C20H28N4O/c1-14(2)18-9-4-15(3)12-19(18)20(25)23-16-5-7-17(8-6-16)24-13-21-10-11-22-24/h5-8,11,13-15,18-19H,4,9-10,12H2,1-3H3,(H,23,25). The fourth-order valence-corrected chi connectivity index (χ4v) is 3.90. The molecule has 0 bridgehead atoms. The van der Waals surface area contributed by atoms with Crippen LogP contribution in [0.2, 0.25) is 0 Å². The first-order chi connectivity index (χ1) is 12.0. The van der Waals surface area contributed by atoms with E-state index in [1.54, 1.807) is 17.6 Å². The molecule has 1 amide bonds. The molecule has 5 heteroatoms. The molecule has 3 unspecified atom stereocenters. The molecule has 0 saturated heterocycles. The second kappa shape index (κ2) is 7.81. The van der Waals surface area contributed by atoms with Crippen molar-refractivity contribution in [3.8, 4) is 0 Å². The molecule has 0 spiro atoms. The largest absolute Gasteiger partial charge is 0.326 e. The Morgan fingerprint density at radius 1 is 1.24 bits per heavy atom. The van der Waals surface area contributed by atoms with E-state index in [1.807, 2.05) is 24.3 Å². The highest BCUT2D eigenvalue weighted by atomic mass is 16.1. The lowest BCUT2D eigenvalue weighted by Gasteiger charge is -2.36. The molecule has 1 heterocycles. The van der Waals surface area contributed by atoms with Gasteiger partial charge in [0.2, 0.25) is 5.91 Å². The summed E-state index contributed by atoms with van der Waals surface area (Å²) in [5, 5.41) is 9.12. The lowest BCUT2D eigenvalue weighted by atomic mass is 9.70. The zero-order valence-corrected chi connectivity index (χ0v) is 15.4. The van der Waals surface area contributed by atoms with Crippen molar-refractivity contribution in [3.63, 3.8) is 0 Å². The quantitative estimate of drug-likeness (QED) is 0.894. The Morgan fingerprint density at radius 3 is 2.64 bits per heavy atom. The zero-order chi connectivity index (χ0) is 17.8. The van der Waals surface area contributed by atoms with Crippen LogP contribution in [-0.2, 0) is 4.79 Å². The normalized spacial score (nSPS) is 26.1. The summed E-state index contributed by atoms with van der Waals surface area (Å²) in [6, 6.07) is 7.77. The van der Waals surface area contributed by atoms with Gasteiger partial charge in [0.15, 0.2) is 0 Å². The number of nitrogens with zero attached hydrogens (tertiary/aromatic N) is 3. The summed E-state index contributed by atoms with van der Waals surface area (Å²) < 4.78 is 0. The molecule has 1 aromatic rings. The summed E-state index contributed by atoms with van der Waals surface area (Å²) in [7, 11) is 0. The monoisotopic (exact) mass is 340 g/mol. The fourth-order valence-electron chi connectivity index (χ4n) is 3.90. The molecule has 2 aliphatic rings. The van der Waals surface area contributed by atoms with Crippen LogP contribution in [0.25, 0.3) is 0 Å². The van der Waals surface area contributed by atoms with Crippen LogP contribution in [0.4, 0.5) is 11.4 Å². The predicted molar refractivity (Wildman–Crippen MR) is 104 cm³/mol. The number of hydrogen-bond donors (Lipinski definition) is 1. The van der Waals surface area contributed by atoms with Gasteiger partial charge in [-0.25, -0.2) is 5.01 Å². The Labute approximate surface area is 150 Å². The molecule has 3 atom stereocenters. The molecular formula is C20H28N4O. The minimum absolute atomic E-state index is 0.113. The first-order valence-corrected chi connectivity index (χ1v) is 9.27. The molecule has 1 aromatic carbocycles. The van der Waals surface area contributed by atoms with Crippen molar-refractivity contribution in [2.45, 2.75) is 40.0 Å². The molecule has 3 rings (SSSR count). The van der Waals surface area contributed by atoms with Gasteiger partial charge in [0, 0.05) is 17.8 Å². The molecule has 134 valence electrons. The molecule has 0 radical (unpaired) electrons. The molecule has 1 aliphatic carbocycles. The van der Waals surface area contributed by atoms with E-state index in [4.69, 9.17) is 0 Å². The highest BCUT2D eigenvalue weighted by Gasteiger charge is 2.35. The van der Waals surface area contributed by atoms with E-state index < -0.39 is 0 Å². The Balaban J connectivity index is 1.66. The lowest BCUT2D eigenvalue weighted by molar-refractivity contribution is -0.123. The third kappa shape index (κ3) is 4.27. The maximum absolute atomic E-state index is 12.8. The molecular weight excluding hydrogens is 312 g/mol. The first kappa shape index (κ1) is 17.6. The van der Waals surface area contributed by atoms with Crippen LogP contribution in [0, 0.1) is 23.7 Å². The molecule has 0 aromatic heterocycles. The number of benzene rings is 1. The fraction of sp³-hybridized carbons (Fsp3) is 0.550. The van der Waals surface area contributed by atoms with Crippen LogP contribution < -0.4 is 10.3 Å².